The maximum Gasteiger partial charge on any atom is 0.271 e. The molecule has 0 aliphatic carbocycles. The van der Waals surface area contributed by atoms with Crippen LogP contribution in [0.4, 0.5) is 5.82 Å². The zero-order chi connectivity index (χ0) is 17.8. The van der Waals surface area contributed by atoms with E-state index in [4.69, 9.17) is 9.47 Å². The number of imidazole rings is 1. The fourth-order valence-corrected chi connectivity index (χ4v) is 3.11. The maximum absolute atomic E-state index is 12.3. The lowest BCUT2D eigenvalue weighted by molar-refractivity contribution is 0.0854. The largest absolute Gasteiger partial charge is 0.378 e. The van der Waals surface area contributed by atoms with Crippen molar-refractivity contribution in [2.75, 3.05) is 44.4 Å². The number of hydrogen-bond donors (Lipinski definition) is 1. The number of nitrogens with zero attached hydrogens (tertiary/aromatic N) is 5. The fourth-order valence-electron chi connectivity index (χ4n) is 3.11. The molecule has 1 N–H and O–H groups in total. The van der Waals surface area contributed by atoms with Gasteiger partial charge in [0, 0.05) is 38.5 Å². The Morgan fingerprint density at radius 1 is 1.19 bits per heavy atom. The van der Waals surface area contributed by atoms with Gasteiger partial charge in [-0.1, -0.05) is 0 Å². The topological polar surface area (TPSA) is 94.4 Å². The summed E-state index contributed by atoms with van der Waals surface area (Å²) in [4.78, 5) is 27.2. The van der Waals surface area contributed by atoms with Crippen molar-refractivity contribution in [3.63, 3.8) is 0 Å². The number of aromatic nitrogens is 4. The van der Waals surface area contributed by atoms with E-state index in [2.05, 4.69) is 25.2 Å². The number of ether oxygens (including phenoxy) is 2. The van der Waals surface area contributed by atoms with Crippen molar-refractivity contribution < 1.29 is 14.3 Å². The van der Waals surface area contributed by atoms with Gasteiger partial charge in [0.05, 0.1) is 19.3 Å². The van der Waals surface area contributed by atoms with Gasteiger partial charge in [-0.2, -0.15) is 0 Å². The second kappa shape index (κ2) is 7.79. The minimum absolute atomic E-state index is 0.110. The van der Waals surface area contributed by atoms with Gasteiger partial charge in [-0.25, -0.2) is 15.0 Å². The van der Waals surface area contributed by atoms with Gasteiger partial charge < -0.3 is 19.7 Å². The van der Waals surface area contributed by atoms with Gasteiger partial charge in [-0.05, 0) is 12.8 Å². The third-order valence-corrected chi connectivity index (χ3v) is 4.57. The minimum atomic E-state index is -0.207. The summed E-state index contributed by atoms with van der Waals surface area (Å²) >= 11 is 0. The normalized spacial score (nSPS) is 20.3. The first-order chi connectivity index (χ1) is 12.8. The molecule has 26 heavy (non-hydrogen) atoms. The molecule has 138 valence electrons. The summed E-state index contributed by atoms with van der Waals surface area (Å²) in [5, 5.41) is 2.87. The number of carbonyl (C=O) groups excluding carboxylic acids is 1. The SMILES string of the molecule is O=C(NC[C@@H]1CCCO1)c1cn(-c2cc(N3CCOCC3)ncn2)cn1. The van der Waals surface area contributed by atoms with Crippen LogP contribution in [-0.4, -0.2) is 71.0 Å². The molecular weight excluding hydrogens is 336 g/mol. The van der Waals surface area contributed by atoms with Crippen molar-refractivity contribution in [2.24, 2.45) is 0 Å². The lowest BCUT2D eigenvalue weighted by Crippen LogP contribution is -2.36. The van der Waals surface area contributed by atoms with Crippen LogP contribution in [0, 0.1) is 0 Å². The molecule has 1 amide bonds. The van der Waals surface area contributed by atoms with Crippen LogP contribution in [-0.2, 0) is 9.47 Å². The van der Waals surface area contributed by atoms with E-state index in [0.29, 0.717) is 31.3 Å². The van der Waals surface area contributed by atoms with Crippen molar-refractivity contribution in [1.29, 1.82) is 0 Å². The van der Waals surface area contributed by atoms with Crippen LogP contribution < -0.4 is 10.2 Å². The highest BCUT2D eigenvalue weighted by atomic mass is 16.5. The van der Waals surface area contributed by atoms with Crippen LogP contribution in [0.3, 0.4) is 0 Å². The molecule has 0 saturated carbocycles. The highest BCUT2D eigenvalue weighted by Gasteiger charge is 2.18. The van der Waals surface area contributed by atoms with Crippen molar-refractivity contribution in [3.05, 3.63) is 30.6 Å². The van der Waals surface area contributed by atoms with Crippen molar-refractivity contribution >= 4 is 11.7 Å². The molecule has 0 unspecified atom stereocenters. The summed E-state index contributed by atoms with van der Waals surface area (Å²) in [6.07, 6.45) is 6.94. The summed E-state index contributed by atoms with van der Waals surface area (Å²) in [6.45, 7) is 4.28. The molecule has 2 aliphatic rings. The molecule has 9 nitrogen and oxygen atoms in total. The van der Waals surface area contributed by atoms with Gasteiger partial charge in [0.1, 0.15) is 30.0 Å². The van der Waals surface area contributed by atoms with E-state index in [1.54, 1.807) is 17.1 Å². The molecule has 1 atom stereocenters. The molecule has 4 heterocycles. The molecule has 0 aromatic carbocycles. The van der Waals surface area contributed by atoms with E-state index in [1.807, 2.05) is 6.07 Å². The van der Waals surface area contributed by atoms with Crippen LogP contribution in [0.25, 0.3) is 5.82 Å². The van der Waals surface area contributed by atoms with Gasteiger partial charge in [0.15, 0.2) is 0 Å². The number of nitrogens with one attached hydrogen (secondary N) is 1. The molecular formula is C17H22N6O3. The summed E-state index contributed by atoms with van der Waals surface area (Å²) in [5.74, 6) is 1.31. The van der Waals surface area contributed by atoms with Gasteiger partial charge in [-0.15, -0.1) is 0 Å². The van der Waals surface area contributed by atoms with E-state index in [9.17, 15) is 4.79 Å². The fraction of sp³-hybridized carbons (Fsp3) is 0.529. The monoisotopic (exact) mass is 358 g/mol. The number of anilines is 1. The number of rotatable bonds is 5. The van der Waals surface area contributed by atoms with E-state index >= 15 is 0 Å². The van der Waals surface area contributed by atoms with Crippen LogP contribution in [0.5, 0.6) is 0 Å². The highest BCUT2D eigenvalue weighted by Crippen LogP contribution is 2.16. The Morgan fingerprint density at radius 3 is 2.85 bits per heavy atom. The zero-order valence-electron chi connectivity index (χ0n) is 14.5. The Hall–Kier alpha value is -2.52. The van der Waals surface area contributed by atoms with Crippen LogP contribution in [0.1, 0.15) is 23.3 Å². The van der Waals surface area contributed by atoms with E-state index in [-0.39, 0.29) is 12.0 Å². The molecule has 2 saturated heterocycles. The Morgan fingerprint density at radius 2 is 2.04 bits per heavy atom. The smallest absolute Gasteiger partial charge is 0.271 e. The first-order valence-electron chi connectivity index (χ1n) is 8.88. The van der Waals surface area contributed by atoms with Gasteiger partial charge >= 0.3 is 0 Å². The number of morpholine rings is 1. The van der Waals surface area contributed by atoms with Gasteiger partial charge in [0.2, 0.25) is 0 Å². The Balaban J connectivity index is 1.42. The minimum Gasteiger partial charge on any atom is -0.378 e. The highest BCUT2D eigenvalue weighted by molar-refractivity contribution is 5.92. The summed E-state index contributed by atoms with van der Waals surface area (Å²) in [5.41, 5.74) is 0.356. The summed E-state index contributed by atoms with van der Waals surface area (Å²) < 4.78 is 12.6. The standard InChI is InChI=1S/C17H22N6O3/c24-17(18-9-13-2-1-5-26-13)14-10-23(12-21-14)16-8-15(19-11-20-16)22-3-6-25-7-4-22/h8,10-13H,1-7,9H2,(H,18,24)/t13-/m0/s1. The maximum atomic E-state index is 12.3. The third kappa shape index (κ3) is 3.83. The quantitative estimate of drug-likeness (QED) is 0.827. The molecule has 9 heteroatoms. The molecule has 2 aliphatic heterocycles. The molecule has 2 fully saturated rings. The number of hydrogen-bond acceptors (Lipinski definition) is 7. The van der Waals surface area contributed by atoms with Gasteiger partial charge in [0.25, 0.3) is 5.91 Å². The zero-order valence-corrected chi connectivity index (χ0v) is 14.5. The first-order valence-corrected chi connectivity index (χ1v) is 8.88. The third-order valence-electron chi connectivity index (χ3n) is 4.57. The predicted molar refractivity (Wildman–Crippen MR) is 93.5 cm³/mol. The lowest BCUT2D eigenvalue weighted by atomic mass is 10.2. The number of amides is 1. The van der Waals surface area contributed by atoms with Crippen molar-refractivity contribution in [1.82, 2.24) is 24.8 Å². The van der Waals surface area contributed by atoms with E-state index in [1.165, 1.54) is 6.33 Å². The molecule has 4 rings (SSSR count). The van der Waals surface area contributed by atoms with Crippen molar-refractivity contribution in [3.8, 4) is 5.82 Å². The summed E-state index contributed by atoms with van der Waals surface area (Å²) in [7, 11) is 0. The molecule has 2 aromatic rings. The second-order valence-corrected chi connectivity index (χ2v) is 6.35. The van der Waals surface area contributed by atoms with Crippen LogP contribution in [0.15, 0.2) is 24.9 Å². The van der Waals surface area contributed by atoms with E-state index in [0.717, 1.165) is 38.4 Å². The van der Waals surface area contributed by atoms with Gasteiger partial charge in [-0.3, -0.25) is 9.36 Å². The van der Waals surface area contributed by atoms with Crippen LogP contribution >= 0.6 is 0 Å². The Bertz CT molecular complexity index is 752. The van der Waals surface area contributed by atoms with E-state index < -0.39 is 0 Å². The second-order valence-electron chi connectivity index (χ2n) is 6.35. The molecule has 0 spiro atoms. The first kappa shape index (κ1) is 16.9. The number of carbonyl (C=O) groups is 1. The molecule has 0 bridgehead atoms. The molecule has 2 aromatic heterocycles. The lowest BCUT2D eigenvalue weighted by Gasteiger charge is -2.27. The Labute approximate surface area is 151 Å². The van der Waals surface area contributed by atoms with Crippen LogP contribution in [0.2, 0.25) is 0 Å². The molecule has 0 radical (unpaired) electrons. The van der Waals surface area contributed by atoms with Crippen molar-refractivity contribution in [2.45, 2.75) is 18.9 Å². The average Bonchev–Trinajstić information content (AvgIpc) is 3.39. The Kier molecular flexibility index (Phi) is 5.07. The predicted octanol–water partition coefficient (Wildman–Crippen LogP) is 0.408. The average molecular weight is 358 g/mol. The summed E-state index contributed by atoms with van der Waals surface area (Å²) in [6, 6.07) is 1.89.